The van der Waals surface area contributed by atoms with Gasteiger partial charge in [-0.15, -0.1) is 0 Å². The Labute approximate surface area is 220 Å². The van der Waals surface area contributed by atoms with E-state index in [-0.39, 0.29) is 13.0 Å². The van der Waals surface area contributed by atoms with E-state index in [0.29, 0.717) is 22.9 Å². The Kier molecular flexibility index (Phi) is 10.2. The maximum Gasteiger partial charge on any atom is 0.332 e. The quantitative estimate of drug-likeness (QED) is 0.284. The van der Waals surface area contributed by atoms with Crippen LogP contribution in [0.1, 0.15) is 39.7 Å². The summed E-state index contributed by atoms with van der Waals surface area (Å²) in [7, 11) is 3.10. The van der Waals surface area contributed by atoms with Crippen molar-refractivity contribution in [3.05, 3.63) is 57.5 Å². The molecule has 1 aliphatic heterocycles. The Bertz CT molecular complexity index is 1080. The predicted octanol–water partition coefficient (Wildman–Crippen LogP) is 6.11. The van der Waals surface area contributed by atoms with Crippen LogP contribution in [0.2, 0.25) is 5.02 Å². The van der Waals surface area contributed by atoms with Gasteiger partial charge in [-0.2, -0.15) is 0 Å². The first-order valence-corrected chi connectivity index (χ1v) is 12.7. The summed E-state index contributed by atoms with van der Waals surface area (Å²) in [6.45, 7) is 7.48. The number of anilines is 1. The molecule has 1 aliphatic rings. The van der Waals surface area contributed by atoms with Crippen LogP contribution in [0, 0.1) is 5.92 Å². The number of likely N-dealkylation sites (N-methyl/N-ethyl adjacent to an activating group) is 1. The SMILES string of the molecule is CC.CCOC(=O)C(CCc1cc(Br)ccc1OC)[C@@]1(C)C(=O)N(c2cccc(Cl)c2)C(=O)N1C. The van der Waals surface area contributed by atoms with Crippen molar-refractivity contribution in [2.45, 2.75) is 46.1 Å². The molecule has 0 spiro atoms. The molecular weight excluding hydrogens is 536 g/mol. The average Bonchev–Trinajstić information content (AvgIpc) is 3.01. The van der Waals surface area contributed by atoms with Crippen molar-refractivity contribution in [3.8, 4) is 5.75 Å². The van der Waals surface area contributed by atoms with Gasteiger partial charge in [-0.3, -0.25) is 9.59 Å². The molecule has 2 atom stereocenters. The second kappa shape index (κ2) is 12.4. The molecule has 0 aromatic heterocycles. The van der Waals surface area contributed by atoms with Gasteiger partial charge in [0.25, 0.3) is 5.91 Å². The Hall–Kier alpha value is -2.58. The summed E-state index contributed by atoms with van der Waals surface area (Å²) in [5, 5.41) is 0.396. The number of carbonyl (C=O) groups is 3. The number of rotatable bonds is 8. The van der Waals surface area contributed by atoms with Gasteiger partial charge in [-0.1, -0.05) is 47.4 Å². The van der Waals surface area contributed by atoms with Crippen LogP contribution in [-0.2, 0) is 20.7 Å². The van der Waals surface area contributed by atoms with Crippen LogP contribution in [0.25, 0.3) is 0 Å². The fourth-order valence-corrected chi connectivity index (χ4v) is 4.74. The predicted molar refractivity (Wildman–Crippen MR) is 141 cm³/mol. The summed E-state index contributed by atoms with van der Waals surface area (Å²) in [5.41, 5.74) is -0.217. The molecular formula is C26H32BrClN2O5. The number of hydrogen-bond acceptors (Lipinski definition) is 5. The highest BCUT2D eigenvalue weighted by atomic mass is 79.9. The smallest absolute Gasteiger partial charge is 0.332 e. The molecule has 1 fully saturated rings. The van der Waals surface area contributed by atoms with Crippen molar-refractivity contribution in [1.29, 1.82) is 0 Å². The molecule has 2 aromatic rings. The van der Waals surface area contributed by atoms with Gasteiger partial charge in [-0.25, -0.2) is 9.69 Å². The molecule has 0 aliphatic carbocycles. The highest BCUT2D eigenvalue weighted by molar-refractivity contribution is 9.10. The molecule has 1 unspecified atom stereocenters. The summed E-state index contributed by atoms with van der Waals surface area (Å²) in [6, 6.07) is 11.6. The topological polar surface area (TPSA) is 76.1 Å². The molecule has 35 heavy (non-hydrogen) atoms. The number of hydrogen-bond donors (Lipinski definition) is 0. The molecule has 0 radical (unpaired) electrons. The number of urea groups is 1. The normalized spacial score (nSPS) is 18.2. The first-order valence-electron chi connectivity index (χ1n) is 11.5. The van der Waals surface area contributed by atoms with Gasteiger partial charge >= 0.3 is 12.0 Å². The number of esters is 1. The van der Waals surface area contributed by atoms with Crippen LogP contribution in [0.3, 0.4) is 0 Å². The van der Waals surface area contributed by atoms with Gasteiger partial charge in [0.05, 0.1) is 25.3 Å². The maximum atomic E-state index is 13.7. The van der Waals surface area contributed by atoms with Crippen LogP contribution < -0.4 is 9.64 Å². The Balaban J connectivity index is 0.00000210. The fraction of sp³-hybridized carbons (Fsp3) is 0.423. The van der Waals surface area contributed by atoms with E-state index in [1.807, 2.05) is 32.0 Å². The van der Waals surface area contributed by atoms with E-state index >= 15 is 0 Å². The number of imide groups is 1. The van der Waals surface area contributed by atoms with E-state index < -0.39 is 29.4 Å². The highest BCUT2D eigenvalue weighted by Gasteiger charge is 2.59. The lowest BCUT2D eigenvalue weighted by molar-refractivity contribution is -0.155. The van der Waals surface area contributed by atoms with Gasteiger partial charge in [0.1, 0.15) is 11.3 Å². The van der Waals surface area contributed by atoms with Gasteiger partial charge < -0.3 is 14.4 Å². The summed E-state index contributed by atoms with van der Waals surface area (Å²) in [4.78, 5) is 42.3. The number of amides is 3. The van der Waals surface area contributed by atoms with Crippen molar-refractivity contribution in [1.82, 2.24) is 4.90 Å². The lowest BCUT2D eigenvalue weighted by Gasteiger charge is -2.35. The number of ether oxygens (including phenoxy) is 2. The third-order valence-corrected chi connectivity index (χ3v) is 6.80. The van der Waals surface area contributed by atoms with E-state index in [4.69, 9.17) is 21.1 Å². The van der Waals surface area contributed by atoms with Crippen LogP contribution >= 0.6 is 27.5 Å². The minimum absolute atomic E-state index is 0.162. The van der Waals surface area contributed by atoms with Crippen molar-refractivity contribution >= 4 is 51.1 Å². The van der Waals surface area contributed by atoms with Crippen molar-refractivity contribution in [3.63, 3.8) is 0 Å². The zero-order valence-electron chi connectivity index (χ0n) is 20.9. The number of benzene rings is 2. The van der Waals surface area contributed by atoms with Crippen LogP contribution in [0.4, 0.5) is 10.5 Å². The van der Waals surface area contributed by atoms with Gasteiger partial charge in [-0.05, 0) is 68.7 Å². The maximum absolute atomic E-state index is 13.7. The van der Waals surface area contributed by atoms with Crippen LogP contribution in [0.15, 0.2) is 46.9 Å². The monoisotopic (exact) mass is 566 g/mol. The van der Waals surface area contributed by atoms with Crippen molar-refractivity contribution in [2.24, 2.45) is 5.92 Å². The number of methoxy groups -OCH3 is 1. The summed E-state index contributed by atoms with van der Waals surface area (Å²) >= 11 is 9.54. The second-order valence-electron chi connectivity index (χ2n) is 7.91. The summed E-state index contributed by atoms with van der Waals surface area (Å²) in [6.07, 6.45) is 0.711. The first kappa shape index (κ1) is 28.7. The van der Waals surface area contributed by atoms with E-state index in [0.717, 1.165) is 14.9 Å². The molecule has 3 rings (SSSR count). The molecule has 1 heterocycles. The number of nitrogens with zero attached hydrogens (tertiary/aromatic N) is 2. The van der Waals surface area contributed by atoms with E-state index in [1.165, 1.54) is 11.9 Å². The standard InChI is InChI=1S/C24H26BrClN2O5.C2H6/c1-5-33-21(29)19(11-9-15-13-16(25)10-12-20(15)32-4)24(2)22(30)28(23(31)27(24)3)18-8-6-7-17(26)14-18;1-2/h6-8,10,12-14,19H,5,9,11H2,1-4H3;1-2H3/t19?,24-;/m0./s1. The van der Waals surface area contributed by atoms with Crippen LogP contribution in [-0.4, -0.2) is 49.1 Å². The van der Waals surface area contributed by atoms with Crippen LogP contribution in [0.5, 0.6) is 5.75 Å². The average molecular weight is 568 g/mol. The molecule has 0 bridgehead atoms. The van der Waals surface area contributed by atoms with E-state index in [9.17, 15) is 14.4 Å². The van der Waals surface area contributed by atoms with Gasteiger partial charge in [0.2, 0.25) is 0 Å². The van der Waals surface area contributed by atoms with Crippen molar-refractivity contribution < 1.29 is 23.9 Å². The van der Waals surface area contributed by atoms with E-state index in [1.54, 1.807) is 45.2 Å². The molecule has 1 saturated heterocycles. The number of carbonyl (C=O) groups excluding carboxylic acids is 3. The Morgan fingerprint density at radius 1 is 1.17 bits per heavy atom. The second-order valence-corrected chi connectivity index (χ2v) is 9.26. The minimum atomic E-state index is -1.44. The highest BCUT2D eigenvalue weighted by Crippen LogP contribution is 2.40. The largest absolute Gasteiger partial charge is 0.496 e. The van der Waals surface area contributed by atoms with Crippen molar-refractivity contribution in [2.75, 3.05) is 25.7 Å². The molecule has 3 amide bonds. The molecule has 0 saturated carbocycles. The number of aryl methyl sites for hydroxylation is 1. The zero-order chi connectivity index (χ0) is 26.3. The summed E-state index contributed by atoms with van der Waals surface area (Å²) < 4.78 is 11.6. The van der Waals surface area contributed by atoms with Gasteiger partial charge in [0.15, 0.2) is 0 Å². The molecule has 9 heteroatoms. The fourth-order valence-electron chi connectivity index (χ4n) is 4.14. The lowest BCUT2D eigenvalue weighted by Crippen LogP contribution is -2.54. The first-order chi connectivity index (χ1) is 16.6. The number of halogens is 2. The third kappa shape index (κ3) is 5.81. The lowest BCUT2D eigenvalue weighted by atomic mass is 9.80. The third-order valence-electron chi connectivity index (χ3n) is 6.07. The molecule has 7 nitrogen and oxygen atoms in total. The molecule has 0 N–H and O–H groups in total. The molecule has 2 aromatic carbocycles. The summed E-state index contributed by atoms with van der Waals surface area (Å²) in [5.74, 6) is -1.26. The molecule has 190 valence electrons. The van der Waals surface area contributed by atoms with E-state index in [2.05, 4.69) is 15.9 Å². The Morgan fingerprint density at radius 3 is 2.46 bits per heavy atom. The minimum Gasteiger partial charge on any atom is -0.496 e. The zero-order valence-corrected chi connectivity index (χ0v) is 23.3. The van der Waals surface area contributed by atoms with Gasteiger partial charge in [0, 0.05) is 16.5 Å². The Morgan fingerprint density at radius 2 is 1.86 bits per heavy atom.